The maximum absolute atomic E-state index is 12.4. The quantitative estimate of drug-likeness (QED) is 0.813. The summed E-state index contributed by atoms with van der Waals surface area (Å²) in [6.45, 7) is 3.06. The summed E-state index contributed by atoms with van der Waals surface area (Å²) in [7, 11) is 1.63. The third-order valence-electron chi connectivity index (χ3n) is 4.61. The highest BCUT2D eigenvalue weighted by atomic mass is 35.5. The molecule has 8 heteroatoms. The molecule has 0 saturated carbocycles. The Balaban J connectivity index is 1.46. The third-order valence-corrected chi connectivity index (χ3v) is 4.86. The van der Waals surface area contributed by atoms with Gasteiger partial charge in [0, 0.05) is 56.7 Å². The van der Waals surface area contributed by atoms with Gasteiger partial charge in [-0.3, -0.25) is 14.5 Å². The number of hydrogen-bond acceptors (Lipinski definition) is 5. The van der Waals surface area contributed by atoms with Gasteiger partial charge in [-0.25, -0.2) is 4.98 Å². The predicted octanol–water partition coefficient (Wildman–Crippen LogP) is 1.82. The summed E-state index contributed by atoms with van der Waals surface area (Å²) >= 11 is 5.89. The molecule has 0 aliphatic carbocycles. The summed E-state index contributed by atoms with van der Waals surface area (Å²) in [5.74, 6) is 1.29. The Morgan fingerprint density at radius 3 is 2.56 bits per heavy atom. The molecule has 1 fully saturated rings. The molecule has 1 aromatic heterocycles. The zero-order valence-corrected chi connectivity index (χ0v) is 16.0. The van der Waals surface area contributed by atoms with Gasteiger partial charge in [0.1, 0.15) is 0 Å². The first-order valence-corrected chi connectivity index (χ1v) is 9.34. The molecule has 3 rings (SSSR count). The van der Waals surface area contributed by atoms with Crippen molar-refractivity contribution in [2.75, 3.05) is 39.8 Å². The van der Waals surface area contributed by atoms with E-state index in [0.29, 0.717) is 62.2 Å². The van der Waals surface area contributed by atoms with Crippen LogP contribution in [0.1, 0.15) is 12.3 Å². The topological polar surface area (TPSA) is 78.7 Å². The van der Waals surface area contributed by atoms with Crippen LogP contribution >= 0.6 is 11.6 Å². The van der Waals surface area contributed by atoms with Crippen molar-refractivity contribution in [3.63, 3.8) is 0 Å². The van der Waals surface area contributed by atoms with Crippen LogP contribution in [-0.4, -0.2) is 66.4 Å². The van der Waals surface area contributed by atoms with Crippen molar-refractivity contribution < 1.29 is 14.0 Å². The summed E-state index contributed by atoms with van der Waals surface area (Å²) in [5.41, 5.74) is 0.900. The Morgan fingerprint density at radius 1 is 1.19 bits per heavy atom. The maximum Gasteiger partial charge on any atom is 0.233 e. The number of amides is 2. The largest absolute Gasteiger partial charge is 0.441 e. The minimum absolute atomic E-state index is 0.00448. The third kappa shape index (κ3) is 5.30. The van der Waals surface area contributed by atoms with Crippen molar-refractivity contribution in [2.45, 2.75) is 12.8 Å². The Bertz CT molecular complexity index is 783. The fourth-order valence-electron chi connectivity index (χ4n) is 2.98. The second kappa shape index (κ2) is 9.01. The second-order valence-electron chi connectivity index (χ2n) is 6.46. The second-order valence-corrected chi connectivity index (χ2v) is 6.89. The molecule has 0 radical (unpaired) electrons. The molecule has 2 amide bonds. The molecule has 1 aliphatic rings. The van der Waals surface area contributed by atoms with E-state index in [1.165, 1.54) is 0 Å². The van der Waals surface area contributed by atoms with Crippen molar-refractivity contribution in [3.05, 3.63) is 41.4 Å². The number of piperazine rings is 1. The van der Waals surface area contributed by atoms with Gasteiger partial charge in [-0.15, -0.1) is 0 Å². The van der Waals surface area contributed by atoms with Crippen molar-refractivity contribution in [2.24, 2.45) is 0 Å². The average Bonchev–Trinajstić information content (AvgIpc) is 3.16. The summed E-state index contributed by atoms with van der Waals surface area (Å²) < 4.78 is 5.74. The molecule has 1 aromatic carbocycles. The van der Waals surface area contributed by atoms with Crippen molar-refractivity contribution in [3.8, 4) is 11.3 Å². The van der Waals surface area contributed by atoms with E-state index in [1.54, 1.807) is 25.4 Å². The average molecular weight is 391 g/mol. The lowest BCUT2D eigenvalue weighted by Gasteiger charge is -2.34. The monoisotopic (exact) mass is 390 g/mol. The van der Waals surface area contributed by atoms with Crippen LogP contribution in [0.3, 0.4) is 0 Å². The van der Waals surface area contributed by atoms with E-state index in [-0.39, 0.29) is 11.8 Å². The Hall–Kier alpha value is -2.38. The van der Waals surface area contributed by atoms with E-state index in [4.69, 9.17) is 16.0 Å². The van der Waals surface area contributed by atoms with Crippen LogP contribution in [0.25, 0.3) is 11.3 Å². The molecule has 0 atom stereocenters. The van der Waals surface area contributed by atoms with E-state index in [2.05, 4.69) is 15.2 Å². The molecule has 2 heterocycles. The fraction of sp³-hybridized carbons (Fsp3) is 0.421. The number of likely N-dealkylation sites (N-methyl/N-ethyl adjacent to an activating group) is 1. The lowest BCUT2D eigenvalue weighted by molar-refractivity contribution is -0.133. The van der Waals surface area contributed by atoms with Crippen LogP contribution in [0, 0.1) is 0 Å². The van der Waals surface area contributed by atoms with E-state index < -0.39 is 0 Å². The van der Waals surface area contributed by atoms with Gasteiger partial charge in [-0.1, -0.05) is 11.6 Å². The van der Waals surface area contributed by atoms with Crippen LogP contribution in [0.4, 0.5) is 0 Å². The fourth-order valence-corrected chi connectivity index (χ4v) is 3.11. The minimum atomic E-state index is -0.00448. The van der Waals surface area contributed by atoms with Gasteiger partial charge in [-0.2, -0.15) is 0 Å². The minimum Gasteiger partial charge on any atom is -0.441 e. The molecular weight excluding hydrogens is 368 g/mol. The standard InChI is InChI=1S/C19H23ClN4O3/c1-21-17(25)13-23-8-10-24(11-9-23)19(26)7-6-18-22-12-16(27-18)14-2-4-15(20)5-3-14/h2-5,12H,6-11,13H2,1H3,(H,21,25). The molecule has 27 heavy (non-hydrogen) atoms. The number of hydrogen-bond donors (Lipinski definition) is 1. The Morgan fingerprint density at radius 2 is 1.89 bits per heavy atom. The Kier molecular flexibility index (Phi) is 6.47. The van der Waals surface area contributed by atoms with E-state index in [0.717, 1.165) is 5.56 Å². The number of nitrogens with zero attached hydrogens (tertiary/aromatic N) is 3. The van der Waals surface area contributed by atoms with Crippen LogP contribution in [0.15, 0.2) is 34.9 Å². The molecule has 1 aliphatic heterocycles. The summed E-state index contributed by atoms with van der Waals surface area (Å²) in [5, 5.41) is 3.28. The van der Waals surface area contributed by atoms with Gasteiger partial charge in [0.25, 0.3) is 0 Å². The molecule has 0 spiro atoms. The van der Waals surface area contributed by atoms with Gasteiger partial charge in [0.2, 0.25) is 11.8 Å². The molecule has 1 N–H and O–H groups in total. The van der Waals surface area contributed by atoms with Crippen LogP contribution in [0.2, 0.25) is 5.02 Å². The molecule has 2 aromatic rings. The number of benzene rings is 1. The van der Waals surface area contributed by atoms with E-state index >= 15 is 0 Å². The first-order valence-electron chi connectivity index (χ1n) is 8.96. The normalized spacial score (nSPS) is 15.0. The zero-order valence-electron chi connectivity index (χ0n) is 15.3. The molecule has 1 saturated heterocycles. The number of carbonyl (C=O) groups is 2. The smallest absolute Gasteiger partial charge is 0.233 e. The lowest BCUT2D eigenvalue weighted by atomic mass is 10.2. The Labute approximate surface area is 163 Å². The number of nitrogens with one attached hydrogen (secondary N) is 1. The van der Waals surface area contributed by atoms with Crippen LogP contribution in [-0.2, 0) is 16.0 Å². The van der Waals surface area contributed by atoms with Gasteiger partial charge in [-0.05, 0) is 24.3 Å². The number of halogens is 1. The molecule has 0 unspecified atom stereocenters. The van der Waals surface area contributed by atoms with Crippen LogP contribution in [0.5, 0.6) is 0 Å². The number of carbonyl (C=O) groups excluding carboxylic acids is 2. The lowest BCUT2D eigenvalue weighted by Crippen LogP contribution is -2.50. The zero-order chi connectivity index (χ0) is 19.2. The van der Waals surface area contributed by atoms with E-state index in [9.17, 15) is 9.59 Å². The van der Waals surface area contributed by atoms with Gasteiger partial charge in [0.15, 0.2) is 11.7 Å². The first kappa shape index (κ1) is 19.4. The SMILES string of the molecule is CNC(=O)CN1CCN(C(=O)CCc2ncc(-c3ccc(Cl)cc3)o2)CC1. The maximum atomic E-state index is 12.4. The summed E-state index contributed by atoms with van der Waals surface area (Å²) in [4.78, 5) is 32.0. The molecular formula is C19H23ClN4O3. The summed E-state index contributed by atoms with van der Waals surface area (Å²) in [6.07, 6.45) is 2.49. The van der Waals surface area contributed by atoms with Gasteiger partial charge in [0.05, 0.1) is 12.7 Å². The van der Waals surface area contributed by atoms with Gasteiger partial charge >= 0.3 is 0 Å². The van der Waals surface area contributed by atoms with Crippen LogP contribution < -0.4 is 5.32 Å². The predicted molar refractivity (Wildman–Crippen MR) is 102 cm³/mol. The highest BCUT2D eigenvalue weighted by Crippen LogP contribution is 2.22. The van der Waals surface area contributed by atoms with Gasteiger partial charge < -0.3 is 14.6 Å². The summed E-state index contributed by atoms with van der Waals surface area (Å²) in [6, 6.07) is 7.34. The molecule has 144 valence electrons. The number of aryl methyl sites for hydroxylation is 1. The highest BCUT2D eigenvalue weighted by molar-refractivity contribution is 6.30. The van der Waals surface area contributed by atoms with Crippen molar-refractivity contribution >= 4 is 23.4 Å². The number of rotatable bonds is 6. The number of oxazole rings is 1. The first-order chi connectivity index (χ1) is 13.0. The molecule has 7 nitrogen and oxygen atoms in total. The van der Waals surface area contributed by atoms with E-state index in [1.807, 2.05) is 17.0 Å². The number of aromatic nitrogens is 1. The van der Waals surface area contributed by atoms with Crippen molar-refractivity contribution in [1.29, 1.82) is 0 Å². The van der Waals surface area contributed by atoms with Crippen molar-refractivity contribution in [1.82, 2.24) is 20.1 Å². The highest BCUT2D eigenvalue weighted by Gasteiger charge is 2.22. The molecule has 0 bridgehead atoms.